The normalized spacial score (nSPS) is 11.5. The highest BCUT2D eigenvalue weighted by Gasteiger charge is 2.18. The zero-order valence-electron chi connectivity index (χ0n) is 44.9. The maximum atomic E-state index is 12.8. The van der Waals surface area contributed by atoms with Crippen LogP contribution in [0, 0.1) is 0 Å². The van der Waals surface area contributed by atoms with Crippen molar-refractivity contribution < 1.29 is 28.6 Å². The van der Waals surface area contributed by atoms with Crippen molar-refractivity contribution in [2.24, 2.45) is 0 Å². The SMILES string of the molecule is CCCCCCCCCCCCCCCCOC(=O)CCN(C)N(CCC(=O)OCCCCCCCCCCCCCCCC)CCC(=O)OCCCCCCCCCCCCCCCC. The fraction of sp³-hybridized carbons (Fsp3) is 0.948. The van der Waals surface area contributed by atoms with Crippen molar-refractivity contribution in [1.82, 2.24) is 10.0 Å². The molecule has 0 rings (SSSR count). The summed E-state index contributed by atoms with van der Waals surface area (Å²) in [6, 6.07) is 0. The summed E-state index contributed by atoms with van der Waals surface area (Å²) in [5.74, 6) is -0.622. The Balaban J connectivity index is 4.40. The van der Waals surface area contributed by atoms with Crippen molar-refractivity contribution in [1.29, 1.82) is 0 Å². The molecule has 0 spiro atoms. The largest absolute Gasteiger partial charge is 0.466 e. The fourth-order valence-electron chi connectivity index (χ4n) is 8.95. The maximum Gasteiger partial charge on any atom is 0.307 e. The fourth-order valence-corrected chi connectivity index (χ4v) is 8.95. The second-order valence-corrected chi connectivity index (χ2v) is 20.0. The summed E-state index contributed by atoms with van der Waals surface area (Å²) >= 11 is 0. The molecule has 0 radical (unpaired) electrons. The molecule has 0 atom stereocenters. The van der Waals surface area contributed by atoms with Crippen LogP contribution < -0.4 is 0 Å². The molecular weight excluding hydrogens is 821 g/mol. The Labute approximate surface area is 411 Å². The van der Waals surface area contributed by atoms with Gasteiger partial charge in [-0.25, -0.2) is 10.0 Å². The number of hydrogen-bond donors (Lipinski definition) is 0. The molecule has 8 heteroatoms. The number of esters is 3. The second kappa shape index (κ2) is 54.3. The first-order valence-corrected chi connectivity index (χ1v) is 29.4. The number of rotatable bonds is 55. The predicted octanol–water partition coefficient (Wildman–Crippen LogP) is 17.4. The molecule has 8 nitrogen and oxygen atoms in total. The van der Waals surface area contributed by atoms with Gasteiger partial charge in [0.15, 0.2) is 0 Å². The molecule has 0 aliphatic rings. The molecule has 66 heavy (non-hydrogen) atoms. The highest BCUT2D eigenvalue weighted by molar-refractivity contribution is 5.70. The predicted molar refractivity (Wildman–Crippen MR) is 282 cm³/mol. The number of nitrogens with zero attached hydrogens (tertiary/aromatic N) is 2. The van der Waals surface area contributed by atoms with Crippen LogP contribution in [0.2, 0.25) is 0 Å². The summed E-state index contributed by atoms with van der Waals surface area (Å²) in [5.41, 5.74) is 0. The lowest BCUT2D eigenvalue weighted by Crippen LogP contribution is -2.43. The molecule has 392 valence electrons. The van der Waals surface area contributed by atoms with E-state index in [2.05, 4.69) is 20.8 Å². The Morgan fingerprint density at radius 1 is 0.273 bits per heavy atom. The summed E-state index contributed by atoms with van der Waals surface area (Å²) in [6.07, 6.45) is 55.2. The second-order valence-electron chi connectivity index (χ2n) is 20.0. The summed E-state index contributed by atoms with van der Waals surface area (Å²) in [6.45, 7) is 9.53. The van der Waals surface area contributed by atoms with Crippen LogP contribution in [0.5, 0.6) is 0 Å². The maximum absolute atomic E-state index is 12.8. The first-order chi connectivity index (χ1) is 32.4. The van der Waals surface area contributed by atoms with Crippen LogP contribution in [0.1, 0.15) is 310 Å². The molecule has 0 aromatic rings. The molecule has 0 bridgehead atoms. The number of hydrogen-bond acceptors (Lipinski definition) is 8. The van der Waals surface area contributed by atoms with Gasteiger partial charge in [0.05, 0.1) is 39.1 Å². The lowest BCUT2D eigenvalue weighted by molar-refractivity contribution is -0.149. The van der Waals surface area contributed by atoms with E-state index in [1.54, 1.807) is 0 Å². The van der Waals surface area contributed by atoms with Gasteiger partial charge in [-0.05, 0) is 19.3 Å². The van der Waals surface area contributed by atoms with E-state index in [1.807, 2.05) is 17.1 Å². The van der Waals surface area contributed by atoms with Crippen molar-refractivity contribution in [2.45, 2.75) is 310 Å². The van der Waals surface area contributed by atoms with Gasteiger partial charge in [-0.2, -0.15) is 0 Å². The van der Waals surface area contributed by atoms with E-state index in [0.29, 0.717) is 39.5 Å². The van der Waals surface area contributed by atoms with Crippen LogP contribution in [0.25, 0.3) is 0 Å². The zero-order chi connectivity index (χ0) is 48.1. The van der Waals surface area contributed by atoms with E-state index < -0.39 is 0 Å². The van der Waals surface area contributed by atoms with E-state index >= 15 is 0 Å². The molecule has 0 aromatic carbocycles. The third kappa shape index (κ3) is 50.2. The lowest BCUT2D eigenvalue weighted by atomic mass is 10.0. The van der Waals surface area contributed by atoms with E-state index in [1.165, 1.54) is 231 Å². The van der Waals surface area contributed by atoms with Gasteiger partial charge in [-0.1, -0.05) is 271 Å². The quantitative estimate of drug-likeness (QED) is 0.0258. The Bertz CT molecular complexity index is 960. The first kappa shape index (κ1) is 64.3. The average molecular weight is 936 g/mol. The van der Waals surface area contributed by atoms with Crippen LogP contribution in [-0.4, -0.2) is 74.4 Å². The molecule has 0 saturated heterocycles. The highest BCUT2D eigenvalue weighted by Crippen LogP contribution is 2.16. The number of unbranched alkanes of at least 4 members (excludes halogenated alkanes) is 39. The Morgan fingerprint density at radius 2 is 0.455 bits per heavy atom. The van der Waals surface area contributed by atoms with Crippen LogP contribution in [0.15, 0.2) is 0 Å². The number of ether oxygens (including phenoxy) is 3. The van der Waals surface area contributed by atoms with Crippen molar-refractivity contribution in [2.75, 3.05) is 46.5 Å². The van der Waals surface area contributed by atoms with E-state index in [9.17, 15) is 14.4 Å². The molecule has 0 aliphatic carbocycles. The molecule has 0 amide bonds. The standard InChI is InChI=1S/C58H114N2O6/c1-5-8-11-14-17-20-23-26-29-32-35-38-41-44-53-64-56(61)47-50-59(4)60(51-48-57(62)65-54-45-42-39-36-33-30-27-24-21-18-15-12-9-6-2)52-49-58(63)66-55-46-43-40-37-34-31-28-25-22-19-16-13-10-7-3/h5-55H2,1-4H3. The lowest BCUT2D eigenvalue weighted by Gasteiger charge is -2.31. The molecule has 0 N–H and O–H groups in total. The molecule has 0 saturated carbocycles. The Kier molecular flexibility index (Phi) is 52.9. The van der Waals surface area contributed by atoms with Crippen LogP contribution in [0.4, 0.5) is 0 Å². The van der Waals surface area contributed by atoms with Crippen molar-refractivity contribution in [3.05, 3.63) is 0 Å². The van der Waals surface area contributed by atoms with Crippen LogP contribution in [0.3, 0.4) is 0 Å². The molecule has 0 unspecified atom stereocenters. The molecule has 0 fully saturated rings. The number of carbonyl (C=O) groups is 3. The van der Waals surface area contributed by atoms with Gasteiger partial charge in [0, 0.05) is 26.7 Å². The number of carbonyl (C=O) groups excluding carboxylic acids is 3. The van der Waals surface area contributed by atoms with Crippen LogP contribution >= 0.6 is 0 Å². The summed E-state index contributed by atoms with van der Waals surface area (Å²) < 4.78 is 16.8. The van der Waals surface area contributed by atoms with E-state index in [0.717, 1.165) is 38.5 Å². The van der Waals surface area contributed by atoms with Gasteiger partial charge < -0.3 is 14.2 Å². The van der Waals surface area contributed by atoms with Gasteiger partial charge in [0.2, 0.25) is 0 Å². The van der Waals surface area contributed by atoms with E-state index in [-0.39, 0.29) is 37.2 Å². The topological polar surface area (TPSA) is 85.4 Å². The molecular formula is C58H114N2O6. The molecule has 0 heterocycles. The average Bonchev–Trinajstić information content (AvgIpc) is 3.31. The zero-order valence-corrected chi connectivity index (χ0v) is 44.9. The van der Waals surface area contributed by atoms with Crippen molar-refractivity contribution in [3.8, 4) is 0 Å². The van der Waals surface area contributed by atoms with Gasteiger partial charge >= 0.3 is 17.9 Å². The minimum Gasteiger partial charge on any atom is -0.466 e. The van der Waals surface area contributed by atoms with Gasteiger partial charge in [0.25, 0.3) is 0 Å². The molecule has 0 aliphatic heterocycles. The van der Waals surface area contributed by atoms with Crippen molar-refractivity contribution >= 4 is 17.9 Å². The Hall–Kier alpha value is -1.67. The van der Waals surface area contributed by atoms with Gasteiger partial charge in [-0.3, -0.25) is 14.4 Å². The van der Waals surface area contributed by atoms with Crippen molar-refractivity contribution in [3.63, 3.8) is 0 Å². The Morgan fingerprint density at radius 3 is 0.667 bits per heavy atom. The summed E-state index contributed by atoms with van der Waals surface area (Å²) in [5, 5.41) is 3.94. The van der Waals surface area contributed by atoms with Gasteiger partial charge in [-0.15, -0.1) is 0 Å². The minimum atomic E-state index is -0.212. The monoisotopic (exact) mass is 935 g/mol. The summed E-state index contributed by atoms with van der Waals surface area (Å²) in [4.78, 5) is 38.2. The third-order valence-corrected chi connectivity index (χ3v) is 13.6. The summed E-state index contributed by atoms with van der Waals surface area (Å²) in [7, 11) is 1.92. The number of hydrazine groups is 1. The molecule has 0 aromatic heterocycles. The first-order valence-electron chi connectivity index (χ1n) is 29.4. The smallest absolute Gasteiger partial charge is 0.307 e. The van der Waals surface area contributed by atoms with Gasteiger partial charge in [0.1, 0.15) is 0 Å². The van der Waals surface area contributed by atoms with E-state index in [4.69, 9.17) is 14.2 Å². The van der Waals surface area contributed by atoms with Crippen LogP contribution in [-0.2, 0) is 28.6 Å². The highest BCUT2D eigenvalue weighted by atomic mass is 16.5. The minimum absolute atomic E-state index is 0.198. The third-order valence-electron chi connectivity index (χ3n) is 13.6.